The Labute approximate surface area is 108 Å². The van der Waals surface area contributed by atoms with Crippen molar-refractivity contribution in [2.24, 2.45) is 10.2 Å². The molecule has 0 radical (unpaired) electrons. The van der Waals surface area contributed by atoms with Crippen LogP contribution < -0.4 is 0 Å². The highest BCUT2D eigenvalue weighted by Gasteiger charge is 1.99. The molecule has 0 aliphatic heterocycles. The van der Waals surface area contributed by atoms with Crippen LogP contribution in [0.1, 0.15) is 22.3 Å². The van der Waals surface area contributed by atoms with Crippen LogP contribution in [0.25, 0.3) is 0 Å². The summed E-state index contributed by atoms with van der Waals surface area (Å²) in [6.07, 6.45) is 0. The molecule has 0 spiro atoms. The molecule has 2 rings (SSSR count). The van der Waals surface area contributed by atoms with Crippen LogP contribution in [0.15, 0.2) is 46.6 Å². The molecule has 0 saturated heterocycles. The van der Waals surface area contributed by atoms with Gasteiger partial charge in [-0.2, -0.15) is 10.2 Å². The molecule has 0 aromatic heterocycles. The van der Waals surface area contributed by atoms with E-state index in [0.717, 1.165) is 22.5 Å². The third kappa shape index (κ3) is 2.83. The van der Waals surface area contributed by atoms with Gasteiger partial charge < -0.3 is 0 Å². The molecule has 92 valence electrons. The Bertz CT molecular complexity index is 545. The van der Waals surface area contributed by atoms with E-state index in [-0.39, 0.29) is 0 Å². The SMILES string of the molecule is Cc1ccc(N=Nc2ccc(C)cc2C)c(C)c1. The molecule has 0 amide bonds. The van der Waals surface area contributed by atoms with Gasteiger partial charge in [0.15, 0.2) is 0 Å². The number of nitrogens with zero attached hydrogens (tertiary/aromatic N) is 2. The van der Waals surface area contributed by atoms with E-state index in [1.165, 1.54) is 11.1 Å². The lowest BCUT2D eigenvalue weighted by Gasteiger charge is -2.02. The Hall–Kier alpha value is -1.96. The average molecular weight is 238 g/mol. The molecule has 0 N–H and O–H groups in total. The van der Waals surface area contributed by atoms with E-state index >= 15 is 0 Å². The number of benzene rings is 2. The van der Waals surface area contributed by atoms with Gasteiger partial charge in [-0.25, -0.2) is 0 Å². The summed E-state index contributed by atoms with van der Waals surface area (Å²) in [6.45, 7) is 8.28. The van der Waals surface area contributed by atoms with Crippen LogP contribution in [-0.4, -0.2) is 0 Å². The van der Waals surface area contributed by atoms with Crippen molar-refractivity contribution in [3.05, 3.63) is 58.7 Å². The molecule has 2 nitrogen and oxygen atoms in total. The minimum atomic E-state index is 0.931. The molecule has 0 unspecified atom stereocenters. The van der Waals surface area contributed by atoms with E-state index in [1.807, 2.05) is 12.1 Å². The van der Waals surface area contributed by atoms with E-state index < -0.39 is 0 Å². The van der Waals surface area contributed by atoms with Gasteiger partial charge in [-0.15, -0.1) is 0 Å². The first-order chi connectivity index (χ1) is 8.56. The minimum absolute atomic E-state index is 0.931. The van der Waals surface area contributed by atoms with Crippen molar-refractivity contribution < 1.29 is 0 Å². The molecule has 2 aromatic rings. The molecule has 0 bridgehead atoms. The predicted octanol–water partition coefficient (Wildman–Crippen LogP) is 5.34. The lowest BCUT2D eigenvalue weighted by Crippen LogP contribution is -1.78. The Morgan fingerprint density at radius 2 is 1.00 bits per heavy atom. The number of azo groups is 1. The van der Waals surface area contributed by atoms with E-state index in [4.69, 9.17) is 0 Å². The fourth-order valence-electron chi connectivity index (χ4n) is 1.94. The summed E-state index contributed by atoms with van der Waals surface area (Å²) in [5.74, 6) is 0. The zero-order valence-electron chi connectivity index (χ0n) is 11.4. The van der Waals surface area contributed by atoms with Gasteiger partial charge in [0.2, 0.25) is 0 Å². The smallest absolute Gasteiger partial charge is 0.0886 e. The Morgan fingerprint density at radius 3 is 1.33 bits per heavy atom. The van der Waals surface area contributed by atoms with Crippen LogP contribution in [-0.2, 0) is 0 Å². The number of hydrogen-bond acceptors (Lipinski definition) is 2. The summed E-state index contributed by atoms with van der Waals surface area (Å²) < 4.78 is 0. The molecular formula is C16H18N2. The fraction of sp³-hybridized carbons (Fsp3) is 0.250. The standard InChI is InChI=1S/C16H18N2/c1-11-5-7-15(13(3)9-11)17-18-16-8-6-12(2)10-14(16)4/h5-10H,1-4H3. The van der Waals surface area contributed by atoms with E-state index in [2.05, 4.69) is 62.2 Å². The van der Waals surface area contributed by atoms with Crippen molar-refractivity contribution in [2.45, 2.75) is 27.7 Å². The summed E-state index contributed by atoms with van der Waals surface area (Å²) in [7, 11) is 0. The van der Waals surface area contributed by atoms with Crippen LogP contribution in [0.3, 0.4) is 0 Å². The largest absolute Gasteiger partial charge is 0.150 e. The topological polar surface area (TPSA) is 24.7 Å². The highest BCUT2D eigenvalue weighted by molar-refractivity contribution is 5.49. The van der Waals surface area contributed by atoms with E-state index in [9.17, 15) is 0 Å². The first-order valence-electron chi connectivity index (χ1n) is 6.12. The number of aryl methyl sites for hydroxylation is 4. The minimum Gasteiger partial charge on any atom is -0.150 e. The van der Waals surface area contributed by atoms with Crippen LogP contribution in [0.2, 0.25) is 0 Å². The van der Waals surface area contributed by atoms with Crippen molar-refractivity contribution in [2.75, 3.05) is 0 Å². The highest BCUT2D eigenvalue weighted by Crippen LogP contribution is 2.25. The summed E-state index contributed by atoms with van der Waals surface area (Å²) in [5, 5.41) is 8.67. The molecule has 2 heteroatoms. The fourth-order valence-corrected chi connectivity index (χ4v) is 1.94. The second kappa shape index (κ2) is 5.13. The quantitative estimate of drug-likeness (QED) is 0.631. The third-order valence-corrected chi connectivity index (χ3v) is 2.97. The van der Waals surface area contributed by atoms with Crippen molar-refractivity contribution in [3.63, 3.8) is 0 Å². The van der Waals surface area contributed by atoms with Gasteiger partial charge in [-0.3, -0.25) is 0 Å². The van der Waals surface area contributed by atoms with Crippen molar-refractivity contribution >= 4 is 11.4 Å². The average Bonchev–Trinajstić information content (AvgIpc) is 2.30. The Kier molecular flexibility index (Phi) is 3.56. The lowest BCUT2D eigenvalue weighted by atomic mass is 10.1. The monoisotopic (exact) mass is 238 g/mol. The van der Waals surface area contributed by atoms with Crippen LogP contribution in [0, 0.1) is 27.7 Å². The van der Waals surface area contributed by atoms with Gasteiger partial charge in [0.05, 0.1) is 11.4 Å². The maximum atomic E-state index is 4.33. The molecule has 0 aliphatic rings. The lowest BCUT2D eigenvalue weighted by molar-refractivity contribution is 1.18. The maximum absolute atomic E-state index is 4.33. The molecule has 0 aliphatic carbocycles. The first-order valence-corrected chi connectivity index (χ1v) is 6.12. The second-order valence-electron chi connectivity index (χ2n) is 4.78. The molecule has 2 aromatic carbocycles. The molecule has 0 saturated carbocycles. The zero-order valence-corrected chi connectivity index (χ0v) is 11.4. The van der Waals surface area contributed by atoms with Crippen LogP contribution in [0.5, 0.6) is 0 Å². The van der Waals surface area contributed by atoms with Gasteiger partial charge in [0, 0.05) is 0 Å². The van der Waals surface area contributed by atoms with Gasteiger partial charge in [-0.05, 0) is 51.0 Å². The second-order valence-corrected chi connectivity index (χ2v) is 4.78. The molecular weight excluding hydrogens is 220 g/mol. The summed E-state index contributed by atoms with van der Waals surface area (Å²) in [5.41, 5.74) is 6.67. The molecule has 0 heterocycles. The van der Waals surface area contributed by atoms with Crippen LogP contribution >= 0.6 is 0 Å². The number of hydrogen-bond donors (Lipinski definition) is 0. The Morgan fingerprint density at radius 1 is 0.611 bits per heavy atom. The van der Waals surface area contributed by atoms with Crippen molar-refractivity contribution in [3.8, 4) is 0 Å². The van der Waals surface area contributed by atoms with E-state index in [0.29, 0.717) is 0 Å². The molecule has 0 fully saturated rings. The normalized spacial score (nSPS) is 11.1. The summed E-state index contributed by atoms with van der Waals surface area (Å²) in [6, 6.07) is 12.4. The first kappa shape index (κ1) is 12.5. The van der Waals surface area contributed by atoms with Gasteiger partial charge in [0.25, 0.3) is 0 Å². The van der Waals surface area contributed by atoms with Gasteiger partial charge >= 0.3 is 0 Å². The molecule has 18 heavy (non-hydrogen) atoms. The Balaban J connectivity index is 2.30. The predicted molar refractivity (Wildman–Crippen MR) is 76.0 cm³/mol. The zero-order chi connectivity index (χ0) is 13.1. The maximum Gasteiger partial charge on any atom is 0.0886 e. The summed E-state index contributed by atoms with van der Waals surface area (Å²) >= 11 is 0. The third-order valence-electron chi connectivity index (χ3n) is 2.97. The molecule has 0 atom stereocenters. The van der Waals surface area contributed by atoms with Crippen LogP contribution in [0.4, 0.5) is 11.4 Å². The van der Waals surface area contributed by atoms with Crippen molar-refractivity contribution in [1.82, 2.24) is 0 Å². The number of rotatable bonds is 2. The van der Waals surface area contributed by atoms with Crippen molar-refractivity contribution in [1.29, 1.82) is 0 Å². The van der Waals surface area contributed by atoms with Gasteiger partial charge in [0.1, 0.15) is 0 Å². The van der Waals surface area contributed by atoms with E-state index in [1.54, 1.807) is 0 Å². The van der Waals surface area contributed by atoms with Gasteiger partial charge in [-0.1, -0.05) is 35.4 Å². The summed E-state index contributed by atoms with van der Waals surface area (Å²) in [4.78, 5) is 0. The highest BCUT2D eigenvalue weighted by atomic mass is 15.1.